The van der Waals surface area contributed by atoms with Crippen LogP contribution in [-0.4, -0.2) is 52.0 Å². The van der Waals surface area contributed by atoms with Gasteiger partial charge < -0.3 is 9.88 Å². The molecule has 7 nitrogen and oxygen atoms in total. The lowest BCUT2D eigenvalue weighted by Gasteiger charge is -2.55. The Morgan fingerprint density at radius 1 is 1.24 bits per heavy atom. The number of carbonyl (C=O) groups excluding carboxylic acids is 3. The van der Waals surface area contributed by atoms with E-state index in [2.05, 4.69) is 5.32 Å². The Morgan fingerprint density at radius 3 is 2.52 bits per heavy atom. The number of fused-ring (bicyclic) bond motifs is 1. The minimum absolute atomic E-state index is 0.0107. The molecule has 0 saturated heterocycles. The van der Waals surface area contributed by atoms with Gasteiger partial charge in [0.25, 0.3) is 11.8 Å². The molecule has 224 valence electrons. The van der Waals surface area contributed by atoms with Gasteiger partial charge in [-0.2, -0.15) is 5.26 Å². The molecule has 1 aliphatic carbocycles. The lowest BCUT2D eigenvalue weighted by molar-refractivity contribution is -0.160. The van der Waals surface area contributed by atoms with Crippen molar-refractivity contribution < 1.29 is 27.6 Å². The van der Waals surface area contributed by atoms with Crippen molar-refractivity contribution in [2.24, 2.45) is 5.92 Å². The molecule has 42 heavy (non-hydrogen) atoms. The Morgan fingerprint density at radius 2 is 1.93 bits per heavy atom. The summed E-state index contributed by atoms with van der Waals surface area (Å²) >= 11 is 0. The van der Waals surface area contributed by atoms with E-state index in [0.29, 0.717) is 30.6 Å². The largest absolute Gasteiger partial charge is 0.341 e. The number of halogens is 3. The summed E-state index contributed by atoms with van der Waals surface area (Å²) in [6.07, 6.45) is 3.97. The zero-order valence-corrected chi connectivity index (χ0v) is 24.7. The molecule has 10 heteroatoms. The number of hydrogen-bond acceptors (Lipinski definition) is 5. The standard InChI is InChI=1S/C32H37F3N4O3/c1-6-7-9-23(19(2)3)31(17-32(34,35)18-31)38(5)16-26(40)29(41)28-20(4)27(25-10-8-13-39(25)28)30(42)37-22-11-12-24(33)21(14-22)15-36/h9,11-12,14,19H,6-8,10,13,16-18H2,1-5H3,(H,37,42)/b23-9+. The summed E-state index contributed by atoms with van der Waals surface area (Å²) in [7, 11) is 1.62. The van der Waals surface area contributed by atoms with Gasteiger partial charge in [-0.1, -0.05) is 38.8 Å². The van der Waals surface area contributed by atoms with E-state index >= 15 is 0 Å². The van der Waals surface area contributed by atoms with Crippen LogP contribution in [0.15, 0.2) is 29.8 Å². The fraction of sp³-hybridized carbons (Fsp3) is 0.500. The number of alkyl halides is 2. The normalized spacial score (nSPS) is 17.1. The molecule has 1 aliphatic heterocycles. The second-order valence-corrected chi connectivity index (χ2v) is 11.8. The number of nitrogens with one attached hydrogen (secondary N) is 1. The Kier molecular flexibility index (Phi) is 8.84. The highest BCUT2D eigenvalue weighted by Crippen LogP contribution is 2.54. The topological polar surface area (TPSA) is 95.2 Å². The van der Waals surface area contributed by atoms with Crippen LogP contribution in [0.3, 0.4) is 0 Å². The van der Waals surface area contributed by atoms with Gasteiger partial charge in [0, 0.05) is 30.8 Å². The number of likely N-dealkylation sites (N-methyl/N-ethyl adjacent to an activating group) is 1. The van der Waals surface area contributed by atoms with Crippen LogP contribution in [0, 0.1) is 30.0 Å². The smallest absolute Gasteiger partial charge is 0.257 e. The first-order chi connectivity index (χ1) is 19.8. The molecule has 2 aliphatic rings. The zero-order valence-electron chi connectivity index (χ0n) is 24.7. The number of aromatic nitrogens is 1. The molecule has 1 fully saturated rings. The van der Waals surface area contributed by atoms with E-state index in [1.165, 1.54) is 12.1 Å². The van der Waals surface area contributed by atoms with Crippen molar-refractivity contribution in [2.45, 2.75) is 84.2 Å². The van der Waals surface area contributed by atoms with Crippen LogP contribution < -0.4 is 5.32 Å². The molecule has 0 unspecified atom stereocenters. The number of rotatable bonds is 11. The summed E-state index contributed by atoms with van der Waals surface area (Å²) in [5, 5.41) is 11.8. The van der Waals surface area contributed by atoms with E-state index in [1.807, 2.05) is 26.8 Å². The number of benzene rings is 1. The van der Waals surface area contributed by atoms with E-state index in [9.17, 15) is 27.6 Å². The number of anilines is 1. The van der Waals surface area contributed by atoms with Gasteiger partial charge in [0.15, 0.2) is 0 Å². The van der Waals surface area contributed by atoms with Crippen LogP contribution in [0.25, 0.3) is 0 Å². The Balaban J connectivity index is 1.61. The molecule has 0 atom stereocenters. The van der Waals surface area contributed by atoms with Crippen molar-refractivity contribution in [1.82, 2.24) is 9.47 Å². The fourth-order valence-corrected chi connectivity index (χ4v) is 6.53. The van der Waals surface area contributed by atoms with Gasteiger partial charge in [0.1, 0.15) is 11.9 Å². The van der Waals surface area contributed by atoms with Gasteiger partial charge in [-0.3, -0.25) is 19.3 Å². The highest BCUT2D eigenvalue weighted by atomic mass is 19.3. The van der Waals surface area contributed by atoms with Gasteiger partial charge in [-0.05, 0) is 62.9 Å². The van der Waals surface area contributed by atoms with E-state index in [-0.39, 0.29) is 35.0 Å². The van der Waals surface area contributed by atoms with Crippen molar-refractivity contribution in [3.05, 3.63) is 63.7 Å². The summed E-state index contributed by atoms with van der Waals surface area (Å²) in [6.45, 7) is 7.64. The minimum atomic E-state index is -2.85. The van der Waals surface area contributed by atoms with Gasteiger partial charge in [0.05, 0.1) is 28.9 Å². The molecule has 0 bridgehead atoms. The molecule has 1 N–H and O–H groups in total. The first-order valence-corrected chi connectivity index (χ1v) is 14.4. The second kappa shape index (κ2) is 11.9. The van der Waals surface area contributed by atoms with Crippen molar-refractivity contribution >= 4 is 23.2 Å². The quantitative estimate of drug-likeness (QED) is 0.192. The number of amides is 1. The molecule has 1 amide bonds. The highest BCUT2D eigenvalue weighted by Gasteiger charge is 2.60. The predicted octanol–water partition coefficient (Wildman–Crippen LogP) is 6.24. The molecule has 1 aromatic heterocycles. The number of nitriles is 1. The monoisotopic (exact) mass is 582 g/mol. The summed E-state index contributed by atoms with van der Waals surface area (Å²) < 4.78 is 44.1. The summed E-state index contributed by atoms with van der Waals surface area (Å²) in [5.74, 6) is -5.59. The van der Waals surface area contributed by atoms with Gasteiger partial charge in [0.2, 0.25) is 11.6 Å². The summed E-state index contributed by atoms with van der Waals surface area (Å²) in [6, 6.07) is 5.38. The van der Waals surface area contributed by atoms with E-state index in [1.54, 1.807) is 29.5 Å². The molecule has 1 saturated carbocycles. The maximum atomic E-state index is 14.3. The Labute approximate surface area is 244 Å². The number of unbranched alkanes of at least 4 members (excludes halogenated alkanes) is 1. The second-order valence-electron chi connectivity index (χ2n) is 11.8. The third kappa shape index (κ3) is 5.67. The van der Waals surface area contributed by atoms with Crippen molar-refractivity contribution in [2.75, 3.05) is 18.9 Å². The fourth-order valence-electron chi connectivity index (χ4n) is 6.53. The predicted molar refractivity (Wildman–Crippen MR) is 153 cm³/mol. The molecule has 0 spiro atoms. The average molecular weight is 583 g/mol. The maximum Gasteiger partial charge on any atom is 0.257 e. The molecule has 2 aromatic rings. The van der Waals surface area contributed by atoms with Crippen LogP contribution in [0.1, 0.15) is 90.5 Å². The summed E-state index contributed by atoms with van der Waals surface area (Å²) in [4.78, 5) is 42.0. The maximum absolute atomic E-state index is 14.3. The Hall–Kier alpha value is -3.71. The number of hydrogen-bond donors (Lipinski definition) is 1. The molecule has 0 radical (unpaired) electrons. The SMILES string of the molecule is CCC/C=C(\C(C)C)C1(N(C)CC(=O)C(=O)c2c(C)c(C(=O)Nc3ccc(F)c(C#N)c3)c3n2CCC3)CC(F)(F)C1. The van der Waals surface area contributed by atoms with Crippen LogP contribution >= 0.6 is 0 Å². The van der Waals surface area contributed by atoms with Crippen LogP contribution in [0.5, 0.6) is 0 Å². The molecule has 1 aromatic carbocycles. The van der Waals surface area contributed by atoms with Crippen LogP contribution in [-0.2, 0) is 17.8 Å². The van der Waals surface area contributed by atoms with Gasteiger partial charge in [-0.15, -0.1) is 0 Å². The average Bonchev–Trinajstić information content (AvgIpc) is 3.47. The third-order valence-corrected chi connectivity index (χ3v) is 8.48. The first kappa shape index (κ1) is 31.2. The molecular weight excluding hydrogens is 545 g/mol. The third-order valence-electron chi connectivity index (χ3n) is 8.48. The van der Waals surface area contributed by atoms with Crippen molar-refractivity contribution in [3.8, 4) is 6.07 Å². The molecule has 2 heterocycles. The van der Waals surface area contributed by atoms with Crippen LogP contribution in [0.2, 0.25) is 0 Å². The Bertz CT molecular complexity index is 1490. The highest BCUT2D eigenvalue weighted by molar-refractivity contribution is 6.44. The first-order valence-electron chi connectivity index (χ1n) is 14.4. The number of ketones is 2. The number of allylic oxidation sites excluding steroid dienone is 1. The van der Waals surface area contributed by atoms with E-state index in [4.69, 9.17) is 5.26 Å². The zero-order chi connectivity index (χ0) is 31.0. The number of nitrogens with zero attached hydrogens (tertiary/aromatic N) is 3. The lowest BCUT2D eigenvalue weighted by Crippen LogP contribution is -2.64. The van der Waals surface area contributed by atoms with Gasteiger partial charge in [-0.25, -0.2) is 13.2 Å². The van der Waals surface area contributed by atoms with Gasteiger partial charge >= 0.3 is 0 Å². The van der Waals surface area contributed by atoms with Crippen LogP contribution in [0.4, 0.5) is 18.9 Å². The molecular formula is C32H37F3N4O3. The lowest BCUT2D eigenvalue weighted by atomic mass is 9.64. The summed E-state index contributed by atoms with van der Waals surface area (Å²) in [5.41, 5.74) is 1.21. The molecule has 4 rings (SSSR count). The number of carbonyl (C=O) groups is 3. The minimum Gasteiger partial charge on any atom is -0.341 e. The van der Waals surface area contributed by atoms with Crippen molar-refractivity contribution in [3.63, 3.8) is 0 Å². The van der Waals surface area contributed by atoms with E-state index in [0.717, 1.165) is 24.5 Å². The van der Waals surface area contributed by atoms with E-state index < -0.39 is 47.6 Å². The van der Waals surface area contributed by atoms with Crippen molar-refractivity contribution in [1.29, 1.82) is 5.26 Å². The number of Topliss-reactive ketones (excluding diaryl/α,β-unsaturated/α-hetero) is 2.